The number of benzene rings is 3. The van der Waals surface area contributed by atoms with Crippen LogP contribution in [-0.4, -0.2) is 181 Å². The van der Waals surface area contributed by atoms with Gasteiger partial charge in [0.1, 0.15) is 0 Å². The number of rotatable bonds is 10. The molecule has 0 fully saturated rings. The fourth-order valence-corrected chi connectivity index (χ4v) is 12.6. The molecule has 0 aliphatic carbocycles. The second-order valence-electron chi connectivity index (χ2n) is 14.7. The van der Waals surface area contributed by atoms with E-state index in [9.17, 15) is 0 Å². The number of hydrogen-bond acceptors (Lipinski definition) is 4. The van der Waals surface area contributed by atoms with E-state index < -0.39 is 14.0 Å². The Balaban J connectivity index is 0.000000408. The lowest BCUT2D eigenvalue weighted by Crippen LogP contribution is -2.66. The minimum absolute atomic E-state index is 0.812. The molecule has 0 atom stereocenters. The van der Waals surface area contributed by atoms with Crippen LogP contribution in [0.4, 0.5) is 0 Å². The van der Waals surface area contributed by atoms with Crippen LogP contribution < -0.4 is 16.4 Å². The van der Waals surface area contributed by atoms with Gasteiger partial charge in [0.15, 0.2) is 0 Å². The van der Waals surface area contributed by atoms with Crippen LogP contribution >= 0.6 is 7.87 Å². The normalized spacial score (nSPS) is 13.5. The minimum Gasteiger partial charge on any atom is -0.346 e. The molecule has 0 saturated heterocycles. The second-order valence-corrected chi connectivity index (χ2v) is 18.2. The van der Waals surface area contributed by atoms with E-state index in [4.69, 9.17) is 0 Å². The van der Waals surface area contributed by atoms with Crippen molar-refractivity contribution in [1.29, 1.82) is 0 Å². The SMILES string of the molecule is CCCC[B-](c1ccccc1)(c1ccccc1)c1ccccc1.CN=C(N(C)C)N(C)[P+](N(C)C(=NC)N(C)C)(N(C)C(=NC)N(C)C)N(C)C(=NC)N(C)C. The third-order valence-corrected chi connectivity index (χ3v) is 14.2. The molecular weight excluding hydrogens is 714 g/mol. The molecule has 0 saturated carbocycles. The van der Waals surface area contributed by atoms with Crippen LogP contribution in [-0.2, 0) is 0 Å². The van der Waals surface area contributed by atoms with Gasteiger partial charge in [-0.15, -0.1) is 0 Å². The molecule has 0 amide bonds. The molecule has 3 aromatic rings. The lowest BCUT2D eigenvalue weighted by molar-refractivity contribution is 0.409. The molecule has 0 aliphatic rings. The Labute approximate surface area is 341 Å². The van der Waals surface area contributed by atoms with Gasteiger partial charge in [0.25, 0.3) is 0 Å². The predicted octanol–water partition coefficient (Wildman–Crippen LogP) is 4.54. The van der Waals surface area contributed by atoms with Crippen molar-refractivity contribution in [3.05, 3.63) is 91.0 Å². The molecule has 308 valence electrons. The van der Waals surface area contributed by atoms with E-state index >= 15 is 0 Å². The Morgan fingerprint density at radius 3 is 0.839 bits per heavy atom. The van der Waals surface area contributed by atoms with Crippen molar-refractivity contribution < 1.29 is 0 Å². The van der Waals surface area contributed by atoms with E-state index in [-0.39, 0.29) is 0 Å². The molecule has 0 radical (unpaired) electrons. The van der Waals surface area contributed by atoms with Gasteiger partial charge in [0.2, 0.25) is 23.8 Å². The van der Waals surface area contributed by atoms with E-state index in [1.807, 2.05) is 104 Å². The van der Waals surface area contributed by atoms with Gasteiger partial charge in [-0.25, -0.2) is 0 Å². The van der Waals surface area contributed by atoms with E-state index in [1.165, 1.54) is 35.6 Å². The van der Waals surface area contributed by atoms with Crippen molar-refractivity contribution in [3.8, 4) is 0 Å². The first-order valence-corrected chi connectivity index (χ1v) is 21.0. The van der Waals surface area contributed by atoms with Gasteiger partial charge in [0.05, 0.1) is 34.3 Å². The van der Waals surface area contributed by atoms with Crippen LogP contribution in [0.2, 0.25) is 6.32 Å². The highest BCUT2D eigenvalue weighted by Crippen LogP contribution is 2.68. The number of nitrogens with zero attached hydrogens (tertiary/aromatic N) is 12. The van der Waals surface area contributed by atoms with Crippen LogP contribution in [0.15, 0.2) is 111 Å². The second kappa shape index (κ2) is 22.1. The molecule has 3 aromatic carbocycles. The maximum absolute atomic E-state index is 4.65. The number of unbranched alkanes of at least 4 members (excludes halogenated alkanes) is 1. The van der Waals surface area contributed by atoms with Crippen molar-refractivity contribution in [1.82, 2.24) is 38.3 Å². The molecule has 0 bridgehead atoms. The lowest BCUT2D eigenvalue weighted by atomic mass is 9.14. The molecule has 0 N–H and O–H groups in total. The zero-order valence-electron chi connectivity index (χ0n) is 37.7. The van der Waals surface area contributed by atoms with E-state index in [0.29, 0.717) is 0 Å². The number of hydrogen-bond donors (Lipinski definition) is 0. The van der Waals surface area contributed by atoms with Crippen LogP contribution in [0.5, 0.6) is 0 Å². The Hall–Kier alpha value is -4.77. The Morgan fingerprint density at radius 1 is 0.429 bits per heavy atom. The van der Waals surface area contributed by atoms with Gasteiger partial charge in [-0.1, -0.05) is 111 Å². The smallest absolute Gasteiger partial charge is 0.346 e. The van der Waals surface area contributed by atoms with E-state index in [0.717, 1.165) is 23.8 Å². The monoisotopic (exact) mass is 787 g/mol. The van der Waals surface area contributed by atoms with Crippen LogP contribution in [0.3, 0.4) is 0 Å². The first-order chi connectivity index (χ1) is 26.6. The van der Waals surface area contributed by atoms with Crippen LogP contribution in [0, 0.1) is 0 Å². The summed E-state index contributed by atoms with van der Waals surface area (Å²) in [5.41, 5.74) is 4.33. The molecule has 56 heavy (non-hydrogen) atoms. The number of guanidine groups is 4. The quantitative estimate of drug-likeness (QED) is 0.129. The Morgan fingerprint density at radius 2 is 0.661 bits per heavy atom. The molecule has 0 aromatic heterocycles. The predicted molar refractivity (Wildman–Crippen MR) is 250 cm³/mol. The van der Waals surface area contributed by atoms with Crippen LogP contribution in [0.1, 0.15) is 19.8 Å². The van der Waals surface area contributed by atoms with Crippen LogP contribution in [0.25, 0.3) is 0 Å². The third kappa shape index (κ3) is 10.1. The standard InChI is InChI=1S/C22H24B.C20H48N12P/c1-2-3-19-23(20-13-7-4-8-14-20,21-15-9-5-10-16-21)22-17-11-6-12-18-22;1-21-17(25(5)6)29(13)33(30(14)18(22-2)26(7)8,31(15)19(23-3)27(9)10)32(16)20(24-4)28(11)12/h4-18H,2-3,19H2,1H3;1-16H3/q-1;+1. The molecule has 14 heteroatoms. The molecular formula is C42H72BN12P. The third-order valence-electron chi connectivity index (χ3n) is 10.3. The first-order valence-electron chi connectivity index (χ1n) is 19.4. The zero-order valence-corrected chi connectivity index (χ0v) is 38.6. The highest BCUT2D eigenvalue weighted by Gasteiger charge is 2.63. The van der Waals surface area contributed by atoms with Gasteiger partial charge in [-0.3, -0.25) is 20.0 Å². The largest absolute Gasteiger partial charge is 0.415 e. The summed E-state index contributed by atoms with van der Waals surface area (Å²) in [6.45, 7) is 2.28. The molecule has 0 spiro atoms. The van der Waals surface area contributed by atoms with Gasteiger partial charge in [0, 0.05) is 84.6 Å². The summed E-state index contributed by atoms with van der Waals surface area (Å²) in [5.74, 6) is 3.25. The molecule has 0 unspecified atom stereocenters. The molecule has 3 rings (SSSR count). The topological polar surface area (TPSA) is 75.4 Å². The fourth-order valence-electron chi connectivity index (χ4n) is 8.16. The minimum atomic E-state index is -2.72. The Kier molecular flexibility index (Phi) is 18.7. The summed E-state index contributed by atoms with van der Waals surface area (Å²) in [6, 6.07) is 33.2. The van der Waals surface area contributed by atoms with Crippen molar-refractivity contribution in [2.75, 3.05) is 113 Å². The first kappa shape index (κ1) is 47.4. The summed E-state index contributed by atoms with van der Waals surface area (Å²) in [7, 11) is 28.7. The van der Waals surface area contributed by atoms with Gasteiger partial charge >= 0.3 is 7.87 Å². The summed E-state index contributed by atoms with van der Waals surface area (Å²) in [5, 5.41) is 0. The number of aliphatic imine (C=N–C) groups is 4. The maximum Gasteiger partial charge on any atom is 0.415 e. The Bertz CT molecular complexity index is 1490. The highest BCUT2D eigenvalue weighted by molar-refractivity contribution is 7.69. The van der Waals surface area contributed by atoms with Crippen molar-refractivity contribution in [2.24, 2.45) is 20.0 Å². The van der Waals surface area contributed by atoms with E-state index in [2.05, 4.69) is 165 Å². The van der Waals surface area contributed by atoms with Gasteiger partial charge < -0.3 is 19.6 Å². The summed E-state index contributed by atoms with van der Waals surface area (Å²) < 4.78 is 8.85. The molecule has 12 nitrogen and oxygen atoms in total. The lowest BCUT2D eigenvalue weighted by Gasteiger charge is -2.50. The highest BCUT2D eigenvalue weighted by atomic mass is 31.2. The average Bonchev–Trinajstić information content (AvgIpc) is 3.17. The molecule has 0 heterocycles. The maximum atomic E-state index is 4.65. The van der Waals surface area contributed by atoms with Gasteiger partial charge in [-0.2, -0.15) is 41.4 Å². The van der Waals surface area contributed by atoms with Crippen molar-refractivity contribution >= 4 is 54.2 Å². The van der Waals surface area contributed by atoms with Crippen molar-refractivity contribution in [3.63, 3.8) is 0 Å². The van der Waals surface area contributed by atoms with Gasteiger partial charge in [-0.05, 0) is 0 Å². The van der Waals surface area contributed by atoms with Crippen molar-refractivity contribution in [2.45, 2.75) is 26.1 Å². The fraction of sp³-hybridized carbons (Fsp3) is 0.476. The van der Waals surface area contributed by atoms with E-state index in [1.54, 1.807) is 0 Å². The molecule has 0 aliphatic heterocycles. The average molecular weight is 787 g/mol. The summed E-state index contributed by atoms with van der Waals surface area (Å²) >= 11 is 0. The zero-order chi connectivity index (χ0) is 42.2. The summed E-state index contributed by atoms with van der Waals surface area (Å²) in [6.07, 6.45) is 2.73. The summed E-state index contributed by atoms with van der Waals surface area (Å²) in [4.78, 5) is 26.6.